The number of anilines is 1. The van der Waals surface area contributed by atoms with Crippen molar-refractivity contribution in [3.8, 4) is 0 Å². The van der Waals surface area contributed by atoms with Crippen LogP contribution in [0.1, 0.15) is 31.7 Å². The van der Waals surface area contributed by atoms with Crippen LogP contribution in [-0.4, -0.2) is 52.0 Å². The Balaban J connectivity index is 1.63. The summed E-state index contributed by atoms with van der Waals surface area (Å²) in [7, 11) is -3.72. The van der Waals surface area contributed by atoms with Crippen molar-refractivity contribution in [3.63, 3.8) is 0 Å². The third-order valence-electron chi connectivity index (χ3n) is 4.74. The summed E-state index contributed by atoms with van der Waals surface area (Å²) in [6.07, 6.45) is 3.98. The molecule has 7 nitrogen and oxygen atoms in total. The van der Waals surface area contributed by atoms with Crippen molar-refractivity contribution >= 4 is 21.6 Å². The van der Waals surface area contributed by atoms with Crippen molar-refractivity contribution < 1.29 is 18.0 Å². The first-order valence-electron chi connectivity index (χ1n) is 8.74. The molecular weight excluding hydrogens is 342 g/mol. The van der Waals surface area contributed by atoms with Gasteiger partial charge in [-0.3, -0.25) is 9.63 Å². The molecule has 8 heteroatoms. The summed E-state index contributed by atoms with van der Waals surface area (Å²) in [4.78, 5) is 23.2. The van der Waals surface area contributed by atoms with Crippen molar-refractivity contribution in [2.75, 3.05) is 37.7 Å². The molecular formula is C17H25N3O4S. The molecule has 138 valence electrons. The van der Waals surface area contributed by atoms with Gasteiger partial charge in [-0.15, -0.1) is 0 Å². The van der Waals surface area contributed by atoms with Gasteiger partial charge in [0.2, 0.25) is 5.91 Å². The van der Waals surface area contributed by atoms with E-state index in [1.165, 1.54) is 25.8 Å². The van der Waals surface area contributed by atoms with E-state index in [1.807, 2.05) is 0 Å². The van der Waals surface area contributed by atoms with Gasteiger partial charge in [-0.05, 0) is 62.5 Å². The highest BCUT2D eigenvalue weighted by molar-refractivity contribution is 7.89. The molecule has 0 unspecified atom stereocenters. The van der Waals surface area contributed by atoms with Crippen molar-refractivity contribution in [2.45, 2.75) is 37.5 Å². The summed E-state index contributed by atoms with van der Waals surface area (Å²) in [5.41, 5.74) is 1.68. The van der Waals surface area contributed by atoms with Crippen molar-refractivity contribution in [2.24, 2.45) is 0 Å². The fourth-order valence-electron chi connectivity index (χ4n) is 3.42. The van der Waals surface area contributed by atoms with Gasteiger partial charge in [-0.25, -0.2) is 8.42 Å². The van der Waals surface area contributed by atoms with Crippen molar-refractivity contribution in [1.82, 2.24) is 9.79 Å². The molecule has 1 fully saturated rings. The van der Waals surface area contributed by atoms with Crippen molar-refractivity contribution in [1.29, 1.82) is 0 Å². The van der Waals surface area contributed by atoms with Gasteiger partial charge in [-0.1, -0.05) is 4.89 Å². The maximum atomic E-state index is 12.4. The lowest BCUT2D eigenvalue weighted by molar-refractivity contribution is -0.116. The molecule has 25 heavy (non-hydrogen) atoms. The molecule has 0 bridgehead atoms. The maximum absolute atomic E-state index is 12.4. The summed E-state index contributed by atoms with van der Waals surface area (Å²) in [6.45, 7) is 5.34. The Hall–Kier alpha value is -1.48. The number of amides is 1. The third-order valence-corrected chi connectivity index (χ3v) is 5.95. The van der Waals surface area contributed by atoms with Crippen LogP contribution >= 0.6 is 0 Å². The number of hydrogen-bond donors (Lipinski definition) is 1. The number of hydrogen-bond acceptors (Lipinski definition) is 5. The molecule has 0 aromatic heterocycles. The highest BCUT2D eigenvalue weighted by Gasteiger charge is 2.23. The SMILES string of the molecule is CC(=O)N1CCCc2cc(S(=O)(=O)NOCCN3CCCC3)ccc21. The second-order valence-corrected chi connectivity index (χ2v) is 8.19. The molecule has 0 atom stereocenters. The maximum Gasteiger partial charge on any atom is 0.262 e. The van der Waals surface area contributed by atoms with Gasteiger partial charge in [0.05, 0.1) is 11.5 Å². The quantitative estimate of drug-likeness (QED) is 0.605. The minimum atomic E-state index is -3.72. The number of fused-ring (bicyclic) bond motifs is 1. The van der Waals surface area contributed by atoms with E-state index in [9.17, 15) is 13.2 Å². The van der Waals surface area contributed by atoms with E-state index in [1.54, 1.807) is 17.0 Å². The number of likely N-dealkylation sites (tertiary alicyclic amines) is 1. The summed E-state index contributed by atoms with van der Waals surface area (Å²) in [5.74, 6) is -0.0278. The average Bonchev–Trinajstić information content (AvgIpc) is 3.11. The molecule has 0 radical (unpaired) electrons. The second-order valence-electron chi connectivity index (χ2n) is 6.55. The number of sulfonamides is 1. The third kappa shape index (κ3) is 4.38. The lowest BCUT2D eigenvalue weighted by atomic mass is 10.0. The number of rotatable bonds is 6. The highest BCUT2D eigenvalue weighted by Crippen LogP contribution is 2.29. The minimum absolute atomic E-state index is 0.0278. The zero-order valence-electron chi connectivity index (χ0n) is 14.5. The molecule has 0 saturated carbocycles. The number of nitrogens with one attached hydrogen (secondary N) is 1. The highest BCUT2D eigenvalue weighted by atomic mass is 32.2. The van der Waals surface area contributed by atoms with E-state index in [4.69, 9.17) is 4.84 Å². The predicted octanol–water partition coefficient (Wildman–Crippen LogP) is 1.29. The minimum Gasteiger partial charge on any atom is -0.312 e. The van der Waals surface area contributed by atoms with Gasteiger partial charge >= 0.3 is 0 Å². The van der Waals surface area contributed by atoms with E-state index in [0.29, 0.717) is 13.2 Å². The van der Waals surface area contributed by atoms with Gasteiger partial charge in [0.25, 0.3) is 10.0 Å². The van der Waals surface area contributed by atoms with Gasteiger partial charge in [0, 0.05) is 25.7 Å². The molecule has 2 aliphatic rings. The molecule has 3 rings (SSSR count). The predicted molar refractivity (Wildman–Crippen MR) is 94.7 cm³/mol. The molecule has 0 spiro atoms. The molecule has 1 amide bonds. The van der Waals surface area contributed by atoms with Crippen LogP contribution in [0.15, 0.2) is 23.1 Å². The fourth-order valence-corrected chi connectivity index (χ4v) is 4.30. The Labute approximate surface area is 148 Å². The topological polar surface area (TPSA) is 79.0 Å². The van der Waals surface area contributed by atoms with E-state index >= 15 is 0 Å². The van der Waals surface area contributed by atoms with E-state index in [2.05, 4.69) is 9.79 Å². The zero-order chi connectivity index (χ0) is 17.9. The fraction of sp³-hybridized carbons (Fsp3) is 0.588. The van der Waals surface area contributed by atoms with Crippen LogP contribution in [0.2, 0.25) is 0 Å². The first kappa shape index (κ1) is 18.3. The Morgan fingerprint density at radius 2 is 1.96 bits per heavy atom. The van der Waals surface area contributed by atoms with Gasteiger partial charge in [-0.2, -0.15) is 0 Å². The number of carbonyl (C=O) groups is 1. The molecule has 2 aliphatic heterocycles. The Bertz CT molecular complexity index is 729. The standard InChI is InChI=1S/C17H25N3O4S/c1-14(21)20-10-4-5-15-13-16(6-7-17(15)20)25(22,23)18-24-12-11-19-8-2-3-9-19/h6-7,13,18H,2-5,8-12H2,1H3. The number of benzene rings is 1. The number of carbonyl (C=O) groups excluding carboxylic acids is 1. The lowest BCUT2D eigenvalue weighted by Gasteiger charge is -2.28. The summed E-state index contributed by atoms with van der Waals surface area (Å²) < 4.78 is 24.8. The monoisotopic (exact) mass is 367 g/mol. The van der Waals surface area contributed by atoms with Crippen LogP contribution < -0.4 is 9.79 Å². The van der Waals surface area contributed by atoms with Gasteiger partial charge in [0.1, 0.15) is 0 Å². The van der Waals surface area contributed by atoms with Crippen LogP contribution in [0.4, 0.5) is 5.69 Å². The molecule has 1 saturated heterocycles. The van der Waals surface area contributed by atoms with Gasteiger partial charge < -0.3 is 9.80 Å². The molecule has 0 aliphatic carbocycles. The van der Waals surface area contributed by atoms with Crippen LogP contribution in [0.3, 0.4) is 0 Å². The Morgan fingerprint density at radius 3 is 2.68 bits per heavy atom. The van der Waals surface area contributed by atoms with Crippen molar-refractivity contribution in [3.05, 3.63) is 23.8 Å². The van der Waals surface area contributed by atoms with Crippen LogP contribution in [0.25, 0.3) is 0 Å². The molecule has 1 N–H and O–H groups in total. The van der Waals surface area contributed by atoms with Gasteiger partial charge in [0.15, 0.2) is 0 Å². The number of nitrogens with zero attached hydrogens (tertiary/aromatic N) is 2. The van der Waals surface area contributed by atoms with Crippen LogP contribution in [0.5, 0.6) is 0 Å². The summed E-state index contributed by atoms with van der Waals surface area (Å²) in [5, 5.41) is 0. The zero-order valence-corrected chi connectivity index (χ0v) is 15.3. The molecule has 1 aromatic rings. The largest absolute Gasteiger partial charge is 0.312 e. The molecule has 2 heterocycles. The smallest absolute Gasteiger partial charge is 0.262 e. The first-order chi connectivity index (χ1) is 12.0. The van der Waals surface area contributed by atoms with Crippen LogP contribution in [0, 0.1) is 0 Å². The Morgan fingerprint density at radius 1 is 1.20 bits per heavy atom. The summed E-state index contributed by atoms with van der Waals surface area (Å²) in [6, 6.07) is 4.86. The second kappa shape index (κ2) is 7.82. The Kier molecular flexibility index (Phi) is 5.73. The lowest BCUT2D eigenvalue weighted by Crippen LogP contribution is -2.34. The summed E-state index contributed by atoms with van der Waals surface area (Å²) >= 11 is 0. The van der Waals surface area contributed by atoms with Crippen LogP contribution in [-0.2, 0) is 26.1 Å². The molecule has 1 aromatic carbocycles. The van der Waals surface area contributed by atoms with E-state index < -0.39 is 10.0 Å². The first-order valence-corrected chi connectivity index (χ1v) is 10.2. The average molecular weight is 367 g/mol. The van der Waals surface area contributed by atoms with E-state index in [-0.39, 0.29) is 10.8 Å². The van der Waals surface area contributed by atoms with E-state index in [0.717, 1.165) is 43.7 Å². The normalized spacial score (nSPS) is 18.4. The number of aryl methyl sites for hydroxylation is 1.